The molecular weight excluding hydrogens is 278 g/mol. The molecule has 0 bridgehead atoms. The van der Waals surface area contributed by atoms with Gasteiger partial charge in [0.15, 0.2) is 0 Å². The summed E-state index contributed by atoms with van der Waals surface area (Å²) in [5.41, 5.74) is 1.66. The Morgan fingerprint density at radius 1 is 1.45 bits per heavy atom. The van der Waals surface area contributed by atoms with Crippen molar-refractivity contribution in [2.75, 3.05) is 0 Å². The summed E-state index contributed by atoms with van der Waals surface area (Å²) in [6.45, 7) is 2.35. The van der Waals surface area contributed by atoms with E-state index in [-0.39, 0.29) is 11.7 Å². The van der Waals surface area contributed by atoms with Crippen LogP contribution in [0.2, 0.25) is 5.02 Å². The Balaban J connectivity index is 2.11. The van der Waals surface area contributed by atoms with Crippen LogP contribution < -0.4 is 5.32 Å². The summed E-state index contributed by atoms with van der Waals surface area (Å²) in [6.07, 6.45) is 3.47. The molecular formula is C14H14ClN3O2. The molecule has 5 nitrogen and oxygen atoms in total. The highest BCUT2D eigenvalue weighted by molar-refractivity contribution is 6.30. The second kappa shape index (κ2) is 6.45. The predicted octanol–water partition coefficient (Wildman–Crippen LogP) is 3.49. The normalized spacial score (nSPS) is 12.1. The molecule has 2 aromatic rings. The SMILES string of the molecule is C[C@H](NCc1cc(Cl)ccc1[N+](=O)[O-])c1cccnc1. The highest BCUT2D eigenvalue weighted by Gasteiger charge is 2.14. The van der Waals surface area contributed by atoms with Gasteiger partial charge < -0.3 is 5.32 Å². The van der Waals surface area contributed by atoms with Crippen LogP contribution in [0.25, 0.3) is 0 Å². The third-order valence-electron chi connectivity index (χ3n) is 3.02. The fourth-order valence-corrected chi connectivity index (χ4v) is 2.08. The van der Waals surface area contributed by atoms with E-state index in [9.17, 15) is 10.1 Å². The number of nitrogens with zero attached hydrogens (tertiary/aromatic N) is 2. The molecule has 0 fully saturated rings. The Kier molecular flexibility index (Phi) is 4.65. The Bertz CT molecular complexity index is 605. The molecule has 0 radical (unpaired) electrons. The standard InChI is InChI=1S/C14H14ClN3O2/c1-10(11-3-2-6-16-8-11)17-9-12-7-13(15)4-5-14(12)18(19)20/h2-8,10,17H,9H2,1H3/t10-/m0/s1. The van der Waals surface area contributed by atoms with Crippen LogP contribution in [0.1, 0.15) is 24.1 Å². The highest BCUT2D eigenvalue weighted by atomic mass is 35.5. The molecule has 0 spiro atoms. The summed E-state index contributed by atoms with van der Waals surface area (Å²) in [4.78, 5) is 14.6. The number of halogens is 1. The van der Waals surface area contributed by atoms with Crippen LogP contribution in [0.5, 0.6) is 0 Å². The smallest absolute Gasteiger partial charge is 0.273 e. The largest absolute Gasteiger partial charge is 0.306 e. The molecule has 20 heavy (non-hydrogen) atoms. The van der Waals surface area contributed by atoms with E-state index in [0.29, 0.717) is 17.1 Å². The summed E-state index contributed by atoms with van der Waals surface area (Å²) in [6, 6.07) is 8.42. The average molecular weight is 292 g/mol. The van der Waals surface area contributed by atoms with E-state index in [0.717, 1.165) is 5.56 Å². The van der Waals surface area contributed by atoms with Gasteiger partial charge in [0.25, 0.3) is 5.69 Å². The van der Waals surface area contributed by atoms with Gasteiger partial charge in [-0.2, -0.15) is 0 Å². The average Bonchev–Trinajstić information content (AvgIpc) is 2.45. The van der Waals surface area contributed by atoms with E-state index in [1.54, 1.807) is 18.5 Å². The second-order valence-electron chi connectivity index (χ2n) is 4.42. The van der Waals surface area contributed by atoms with E-state index < -0.39 is 4.92 Å². The molecule has 1 aromatic carbocycles. The lowest BCUT2D eigenvalue weighted by Gasteiger charge is -2.14. The zero-order valence-corrected chi connectivity index (χ0v) is 11.7. The van der Waals surface area contributed by atoms with Gasteiger partial charge in [0.1, 0.15) is 0 Å². The number of nitro groups is 1. The van der Waals surface area contributed by atoms with Crippen molar-refractivity contribution in [3.8, 4) is 0 Å². The van der Waals surface area contributed by atoms with Crippen molar-refractivity contribution >= 4 is 17.3 Å². The topological polar surface area (TPSA) is 68.1 Å². The Morgan fingerprint density at radius 3 is 2.90 bits per heavy atom. The first-order valence-corrected chi connectivity index (χ1v) is 6.52. The first-order valence-electron chi connectivity index (χ1n) is 6.14. The van der Waals surface area contributed by atoms with Gasteiger partial charge >= 0.3 is 0 Å². The molecule has 0 saturated carbocycles. The lowest BCUT2D eigenvalue weighted by atomic mass is 10.1. The van der Waals surface area contributed by atoms with Crippen LogP contribution in [0.15, 0.2) is 42.7 Å². The summed E-state index contributed by atoms with van der Waals surface area (Å²) in [5, 5.41) is 14.7. The minimum Gasteiger partial charge on any atom is -0.306 e. The maximum Gasteiger partial charge on any atom is 0.273 e. The summed E-state index contributed by atoms with van der Waals surface area (Å²) in [7, 11) is 0. The predicted molar refractivity (Wildman–Crippen MR) is 77.6 cm³/mol. The fraction of sp³-hybridized carbons (Fsp3) is 0.214. The van der Waals surface area contributed by atoms with E-state index in [2.05, 4.69) is 10.3 Å². The van der Waals surface area contributed by atoms with E-state index in [4.69, 9.17) is 11.6 Å². The molecule has 0 amide bonds. The zero-order valence-electron chi connectivity index (χ0n) is 10.9. The fourth-order valence-electron chi connectivity index (χ4n) is 1.89. The molecule has 0 saturated heterocycles. The Labute approximate surface area is 121 Å². The van der Waals surface area contributed by atoms with Crippen LogP contribution in [0.4, 0.5) is 5.69 Å². The van der Waals surface area contributed by atoms with E-state index in [1.807, 2.05) is 19.1 Å². The third-order valence-corrected chi connectivity index (χ3v) is 3.26. The molecule has 1 heterocycles. The zero-order chi connectivity index (χ0) is 14.5. The van der Waals surface area contributed by atoms with Crippen molar-refractivity contribution in [2.24, 2.45) is 0 Å². The van der Waals surface area contributed by atoms with Crippen molar-refractivity contribution in [2.45, 2.75) is 19.5 Å². The minimum absolute atomic E-state index is 0.0438. The first-order chi connectivity index (χ1) is 9.58. The summed E-state index contributed by atoms with van der Waals surface area (Å²) < 4.78 is 0. The highest BCUT2D eigenvalue weighted by Crippen LogP contribution is 2.23. The Hall–Kier alpha value is -1.98. The molecule has 2 rings (SSSR count). The summed E-state index contributed by atoms with van der Waals surface area (Å²) in [5.74, 6) is 0. The third kappa shape index (κ3) is 3.53. The molecule has 0 aliphatic rings. The maximum atomic E-state index is 11.0. The van der Waals surface area contributed by atoms with Crippen molar-refractivity contribution in [3.05, 3.63) is 69.0 Å². The van der Waals surface area contributed by atoms with E-state index in [1.165, 1.54) is 12.1 Å². The Morgan fingerprint density at radius 2 is 2.25 bits per heavy atom. The molecule has 6 heteroatoms. The van der Waals surface area contributed by atoms with Crippen LogP contribution >= 0.6 is 11.6 Å². The molecule has 1 atom stereocenters. The van der Waals surface area contributed by atoms with Gasteiger partial charge in [0.05, 0.1) is 4.92 Å². The molecule has 1 aromatic heterocycles. The quantitative estimate of drug-likeness (QED) is 0.676. The minimum atomic E-state index is -0.401. The van der Waals surface area contributed by atoms with Gasteiger partial charge in [-0.05, 0) is 30.7 Å². The number of aromatic nitrogens is 1. The maximum absolute atomic E-state index is 11.0. The van der Waals surface area contributed by atoms with Gasteiger partial charge in [-0.3, -0.25) is 15.1 Å². The van der Waals surface area contributed by atoms with Crippen molar-refractivity contribution in [1.29, 1.82) is 0 Å². The van der Waals surface area contributed by atoms with E-state index >= 15 is 0 Å². The van der Waals surface area contributed by atoms with Crippen molar-refractivity contribution in [1.82, 2.24) is 10.3 Å². The second-order valence-corrected chi connectivity index (χ2v) is 4.86. The van der Waals surface area contributed by atoms with Gasteiger partial charge in [-0.1, -0.05) is 17.7 Å². The summed E-state index contributed by atoms with van der Waals surface area (Å²) >= 11 is 5.89. The number of benzene rings is 1. The van der Waals surface area contributed by atoms with Crippen LogP contribution in [-0.2, 0) is 6.54 Å². The lowest BCUT2D eigenvalue weighted by Crippen LogP contribution is -2.18. The number of nitro benzene ring substituents is 1. The molecule has 0 unspecified atom stereocenters. The van der Waals surface area contributed by atoms with Gasteiger partial charge in [0.2, 0.25) is 0 Å². The molecule has 104 valence electrons. The number of nitrogens with one attached hydrogen (secondary N) is 1. The molecule has 0 aliphatic carbocycles. The molecule has 0 aliphatic heterocycles. The number of rotatable bonds is 5. The lowest BCUT2D eigenvalue weighted by molar-refractivity contribution is -0.385. The number of hydrogen-bond donors (Lipinski definition) is 1. The van der Waals surface area contributed by atoms with Crippen molar-refractivity contribution in [3.63, 3.8) is 0 Å². The van der Waals surface area contributed by atoms with Gasteiger partial charge in [-0.15, -0.1) is 0 Å². The monoisotopic (exact) mass is 291 g/mol. The number of hydrogen-bond acceptors (Lipinski definition) is 4. The molecule has 1 N–H and O–H groups in total. The van der Waals surface area contributed by atoms with Gasteiger partial charge in [-0.25, -0.2) is 0 Å². The first kappa shape index (κ1) is 14.4. The van der Waals surface area contributed by atoms with Crippen LogP contribution in [0.3, 0.4) is 0 Å². The van der Waals surface area contributed by atoms with Crippen LogP contribution in [-0.4, -0.2) is 9.91 Å². The van der Waals surface area contributed by atoms with Gasteiger partial charge in [0, 0.05) is 41.6 Å². The van der Waals surface area contributed by atoms with Crippen molar-refractivity contribution < 1.29 is 4.92 Å². The van der Waals surface area contributed by atoms with Crippen LogP contribution in [0, 0.1) is 10.1 Å². The number of pyridine rings is 1.